The van der Waals surface area contributed by atoms with Crippen LogP contribution in [0, 0.1) is 9.39 Å². The zero-order valence-electron chi connectivity index (χ0n) is 8.30. The molecule has 0 aliphatic rings. The minimum atomic E-state index is -0.429. The van der Waals surface area contributed by atoms with E-state index in [1.54, 1.807) is 6.07 Å². The SMILES string of the molecule is O=c1[nH]cnc(Nc2ccc(F)cc2I)c1Cl. The number of hydrogen-bond acceptors (Lipinski definition) is 3. The van der Waals surface area contributed by atoms with Crippen molar-refractivity contribution >= 4 is 45.7 Å². The second kappa shape index (κ2) is 5.01. The van der Waals surface area contributed by atoms with Gasteiger partial charge in [-0.3, -0.25) is 4.79 Å². The van der Waals surface area contributed by atoms with E-state index in [1.165, 1.54) is 18.5 Å². The number of benzene rings is 1. The van der Waals surface area contributed by atoms with Gasteiger partial charge in [0.2, 0.25) is 0 Å². The van der Waals surface area contributed by atoms with Gasteiger partial charge in [0.05, 0.1) is 12.0 Å². The Morgan fingerprint density at radius 1 is 1.47 bits per heavy atom. The molecular formula is C10H6ClFIN3O. The molecule has 0 aliphatic carbocycles. The van der Waals surface area contributed by atoms with Gasteiger partial charge in [0.15, 0.2) is 5.82 Å². The summed E-state index contributed by atoms with van der Waals surface area (Å²) in [5.41, 5.74) is 0.202. The molecule has 0 aliphatic heterocycles. The van der Waals surface area contributed by atoms with Crippen LogP contribution in [0.4, 0.5) is 15.9 Å². The highest BCUT2D eigenvalue weighted by atomic mass is 127. The fraction of sp³-hybridized carbons (Fsp3) is 0. The molecular weight excluding hydrogens is 359 g/mol. The largest absolute Gasteiger partial charge is 0.338 e. The van der Waals surface area contributed by atoms with Gasteiger partial charge in [0.25, 0.3) is 5.56 Å². The van der Waals surface area contributed by atoms with Crippen molar-refractivity contribution in [1.29, 1.82) is 0 Å². The Hall–Kier alpha value is -1.15. The average molecular weight is 366 g/mol. The molecule has 1 heterocycles. The molecule has 0 radical (unpaired) electrons. The van der Waals surface area contributed by atoms with E-state index >= 15 is 0 Å². The standard InChI is InChI=1S/C10H6ClFIN3O/c11-8-9(14-4-15-10(8)17)16-7-2-1-5(12)3-6(7)13/h1-4H,(H2,14,15,16,17). The molecule has 7 heteroatoms. The highest BCUT2D eigenvalue weighted by molar-refractivity contribution is 14.1. The Morgan fingerprint density at radius 2 is 2.24 bits per heavy atom. The quantitative estimate of drug-likeness (QED) is 0.805. The van der Waals surface area contributed by atoms with Gasteiger partial charge in [-0.15, -0.1) is 0 Å². The number of nitrogens with zero attached hydrogens (tertiary/aromatic N) is 1. The molecule has 0 saturated carbocycles. The first-order valence-electron chi connectivity index (χ1n) is 4.53. The normalized spacial score (nSPS) is 10.3. The molecule has 4 nitrogen and oxygen atoms in total. The predicted molar refractivity (Wildman–Crippen MR) is 72.3 cm³/mol. The maximum atomic E-state index is 12.9. The number of rotatable bonds is 2. The fourth-order valence-electron chi connectivity index (χ4n) is 1.19. The molecule has 0 saturated heterocycles. The molecule has 2 aromatic rings. The maximum Gasteiger partial charge on any atom is 0.271 e. The third-order valence-corrected chi connectivity index (χ3v) is 3.22. The molecule has 0 fully saturated rings. The molecule has 0 amide bonds. The van der Waals surface area contributed by atoms with Crippen molar-refractivity contribution < 1.29 is 4.39 Å². The Bertz CT molecular complexity index is 617. The van der Waals surface area contributed by atoms with Crippen LogP contribution in [0.25, 0.3) is 0 Å². The molecule has 88 valence electrons. The molecule has 0 spiro atoms. The second-order valence-corrected chi connectivity index (χ2v) is 4.68. The summed E-state index contributed by atoms with van der Waals surface area (Å²) >= 11 is 7.76. The highest BCUT2D eigenvalue weighted by Gasteiger charge is 2.08. The van der Waals surface area contributed by atoms with Gasteiger partial charge in [-0.05, 0) is 40.8 Å². The first kappa shape index (κ1) is 12.3. The molecule has 2 rings (SSSR count). The van der Waals surface area contributed by atoms with E-state index < -0.39 is 5.56 Å². The van der Waals surface area contributed by atoms with E-state index in [4.69, 9.17) is 11.6 Å². The average Bonchev–Trinajstić information content (AvgIpc) is 2.28. The lowest BCUT2D eigenvalue weighted by Gasteiger charge is -2.08. The third-order valence-electron chi connectivity index (χ3n) is 1.98. The van der Waals surface area contributed by atoms with Gasteiger partial charge in [-0.2, -0.15) is 0 Å². The van der Waals surface area contributed by atoms with Crippen molar-refractivity contribution in [2.24, 2.45) is 0 Å². The topological polar surface area (TPSA) is 57.8 Å². The lowest BCUT2D eigenvalue weighted by Crippen LogP contribution is -2.10. The number of aromatic amines is 1. The van der Waals surface area contributed by atoms with Gasteiger partial charge in [0.1, 0.15) is 10.8 Å². The van der Waals surface area contributed by atoms with Crippen LogP contribution in [0.2, 0.25) is 5.02 Å². The van der Waals surface area contributed by atoms with Gasteiger partial charge in [-0.1, -0.05) is 11.6 Å². The number of nitrogens with one attached hydrogen (secondary N) is 2. The smallest absolute Gasteiger partial charge is 0.271 e. The van der Waals surface area contributed by atoms with Crippen molar-refractivity contribution in [1.82, 2.24) is 9.97 Å². The van der Waals surface area contributed by atoms with Crippen molar-refractivity contribution in [3.05, 3.63) is 49.3 Å². The van der Waals surface area contributed by atoms with Gasteiger partial charge >= 0.3 is 0 Å². The molecule has 1 aromatic heterocycles. The Morgan fingerprint density at radius 3 is 2.94 bits per heavy atom. The van der Waals surface area contributed by atoms with Crippen LogP contribution in [0.3, 0.4) is 0 Å². The van der Waals surface area contributed by atoms with Crippen LogP contribution in [0.15, 0.2) is 29.3 Å². The van der Waals surface area contributed by atoms with Gasteiger partial charge in [-0.25, -0.2) is 9.37 Å². The van der Waals surface area contributed by atoms with Crippen LogP contribution < -0.4 is 10.9 Å². The van der Waals surface area contributed by atoms with E-state index in [9.17, 15) is 9.18 Å². The Balaban J connectivity index is 2.38. The lowest BCUT2D eigenvalue weighted by molar-refractivity contribution is 0.627. The summed E-state index contributed by atoms with van der Waals surface area (Å²) in [5.74, 6) is -0.0927. The van der Waals surface area contributed by atoms with Crippen LogP contribution in [0.1, 0.15) is 0 Å². The first-order valence-corrected chi connectivity index (χ1v) is 5.99. The molecule has 2 N–H and O–H groups in total. The van der Waals surface area contributed by atoms with Crippen LogP contribution >= 0.6 is 34.2 Å². The number of halogens is 3. The first-order chi connectivity index (χ1) is 8.08. The molecule has 0 unspecified atom stereocenters. The molecule has 1 aromatic carbocycles. The number of aromatic nitrogens is 2. The van der Waals surface area contributed by atoms with Crippen LogP contribution in [-0.2, 0) is 0 Å². The summed E-state index contributed by atoms with van der Waals surface area (Å²) in [7, 11) is 0. The van der Waals surface area contributed by atoms with Crippen molar-refractivity contribution in [3.63, 3.8) is 0 Å². The third kappa shape index (κ3) is 2.75. The highest BCUT2D eigenvalue weighted by Crippen LogP contribution is 2.24. The van der Waals surface area contributed by atoms with E-state index in [0.717, 1.165) is 0 Å². The fourth-order valence-corrected chi connectivity index (χ4v) is 1.95. The summed E-state index contributed by atoms with van der Waals surface area (Å²) in [6, 6.07) is 4.23. The lowest BCUT2D eigenvalue weighted by atomic mass is 10.3. The molecule has 0 bridgehead atoms. The summed E-state index contributed by atoms with van der Waals surface area (Å²) in [6.45, 7) is 0. The number of hydrogen-bond donors (Lipinski definition) is 2. The number of H-pyrrole nitrogens is 1. The Kier molecular flexibility index (Phi) is 3.63. The van der Waals surface area contributed by atoms with E-state index in [-0.39, 0.29) is 16.7 Å². The summed E-state index contributed by atoms with van der Waals surface area (Å²) in [4.78, 5) is 17.5. The van der Waals surface area contributed by atoms with E-state index in [2.05, 4.69) is 15.3 Å². The zero-order chi connectivity index (χ0) is 12.4. The zero-order valence-corrected chi connectivity index (χ0v) is 11.2. The van der Waals surface area contributed by atoms with Gasteiger partial charge < -0.3 is 10.3 Å². The maximum absolute atomic E-state index is 12.9. The van der Waals surface area contributed by atoms with Crippen molar-refractivity contribution in [2.45, 2.75) is 0 Å². The monoisotopic (exact) mass is 365 g/mol. The van der Waals surface area contributed by atoms with Crippen LogP contribution in [0.5, 0.6) is 0 Å². The second-order valence-electron chi connectivity index (χ2n) is 3.14. The van der Waals surface area contributed by atoms with E-state index in [0.29, 0.717) is 9.26 Å². The molecule has 17 heavy (non-hydrogen) atoms. The number of anilines is 2. The van der Waals surface area contributed by atoms with Crippen LogP contribution in [-0.4, -0.2) is 9.97 Å². The van der Waals surface area contributed by atoms with E-state index in [1.807, 2.05) is 22.6 Å². The van der Waals surface area contributed by atoms with Crippen molar-refractivity contribution in [2.75, 3.05) is 5.32 Å². The summed E-state index contributed by atoms with van der Waals surface area (Å²) in [6.07, 6.45) is 1.24. The minimum Gasteiger partial charge on any atom is -0.338 e. The minimum absolute atomic E-state index is 0.0346. The molecule has 0 atom stereocenters. The Labute approximate surface area is 114 Å². The summed E-state index contributed by atoms with van der Waals surface area (Å²) in [5, 5.41) is 2.84. The van der Waals surface area contributed by atoms with Gasteiger partial charge in [0, 0.05) is 3.57 Å². The van der Waals surface area contributed by atoms with Crippen molar-refractivity contribution in [3.8, 4) is 0 Å². The predicted octanol–water partition coefficient (Wildman–Crippen LogP) is 2.91. The summed E-state index contributed by atoms with van der Waals surface area (Å²) < 4.78 is 13.6.